The van der Waals surface area contributed by atoms with Gasteiger partial charge in [0, 0.05) is 31.0 Å². The highest BCUT2D eigenvalue weighted by molar-refractivity contribution is 5.97. The second-order valence-corrected chi connectivity index (χ2v) is 6.24. The zero-order chi connectivity index (χ0) is 18.5. The predicted octanol–water partition coefficient (Wildman–Crippen LogP) is 3.59. The first-order chi connectivity index (χ1) is 12.5. The van der Waals surface area contributed by atoms with E-state index in [0.29, 0.717) is 5.56 Å². The summed E-state index contributed by atoms with van der Waals surface area (Å²) in [7, 11) is 3.42. The normalized spacial score (nSPS) is 10.4. The van der Waals surface area contributed by atoms with Gasteiger partial charge in [-0.3, -0.25) is 9.59 Å². The van der Waals surface area contributed by atoms with Crippen LogP contribution in [0.25, 0.3) is 10.8 Å². The second kappa shape index (κ2) is 7.70. The molecule has 0 atom stereocenters. The lowest BCUT2D eigenvalue weighted by atomic mass is 10.1. The molecular formula is C21H21N3O2. The summed E-state index contributed by atoms with van der Waals surface area (Å²) in [6.07, 6.45) is 0. The molecule has 0 aliphatic heterocycles. The Labute approximate surface area is 152 Å². The van der Waals surface area contributed by atoms with Crippen LogP contribution in [0.15, 0.2) is 66.7 Å². The van der Waals surface area contributed by atoms with E-state index >= 15 is 0 Å². The third-order valence-electron chi connectivity index (χ3n) is 4.00. The molecule has 0 saturated carbocycles. The Balaban J connectivity index is 1.61. The van der Waals surface area contributed by atoms with Crippen LogP contribution >= 0.6 is 0 Å². The zero-order valence-electron chi connectivity index (χ0n) is 14.8. The Kier molecular flexibility index (Phi) is 5.17. The number of nitrogens with one attached hydrogen (secondary N) is 2. The number of hydrogen-bond donors (Lipinski definition) is 2. The Morgan fingerprint density at radius 3 is 2.38 bits per heavy atom. The van der Waals surface area contributed by atoms with Crippen molar-refractivity contribution < 1.29 is 9.59 Å². The highest BCUT2D eigenvalue weighted by Crippen LogP contribution is 2.19. The van der Waals surface area contributed by atoms with Gasteiger partial charge in [0.15, 0.2) is 0 Å². The molecule has 0 bridgehead atoms. The van der Waals surface area contributed by atoms with Crippen LogP contribution in [-0.4, -0.2) is 37.4 Å². The molecule has 0 aliphatic rings. The van der Waals surface area contributed by atoms with Crippen LogP contribution in [-0.2, 0) is 4.79 Å². The summed E-state index contributed by atoms with van der Waals surface area (Å²) in [4.78, 5) is 25.7. The van der Waals surface area contributed by atoms with Crippen molar-refractivity contribution in [3.8, 4) is 0 Å². The molecule has 0 radical (unpaired) electrons. The third-order valence-corrected chi connectivity index (χ3v) is 4.00. The number of nitrogens with zero attached hydrogens (tertiary/aromatic N) is 1. The van der Waals surface area contributed by atoms with Gasteiger partial charge in [0.2, 0.25) is 5.91 Å². The molecule has 0 aromatic heterocycles. The lowest BCUT2D eigenvalue weighted by Crippen LogP contribution is -2.23. The maximum atomic E-state index is 12.2. The minimum absolute atomic E-state index is 0.0748. The van der Waals surface area contributed by atoms with E-state index in [4.69, 9.17) is 0 Å². The van der Waals surface area contributed by atoms with Crippen molar-refractivity contribution in [2.45, 2.75) is 0 Å². The number of hydrogen-bond acceptors (Lipinski definition) is 3. The van der Waals surface area contributed by atoms with Gasteiger partial charge in [-0.25, -0.2) is 0 Å². The smallest absolute Gasteiger partial charge is 0.253 e. The topological polar surface area (TPSA) is 61.4 Å². The molecule has 3 aromatic carbocycles. The molecule has 0 aliphatic carbocycles. The van der Waals surface area contributed by atoms with Crippen molar-refractivity contribution in [1.82, 2.24) is 4.90 Å². The van der Waals surface area contributed by atoms with Crippen molar-refractivity contribution in [3.05, 3.63) is 72.3 Å². The first-order valence-corrected chi connectivity index (χ1v) is 8.37. The van der Waals surface area contributed by atoms with Crippen molar-refractivity contribution in [2.75, 3.05) is 31.3 Å². The molecule has 2 amide bonds. The average molecular weight is 347 g/mol. The largest absolute Gasteiger partial charge is 0.376 e. The van der Waals surface area contributed by atoms with E-state index < -0.39 is 0 Å². The summed E-state index contributed by atoms with van der Waals surface area (Å²) in [5, 5.41) is 8.14. The average Bonchev–Trinajstić information content (AvgIpc) is 2.66. The van der Waals surface area contributed by atoms with Gasteiger partial charge in [0.1, 0.15) is 0 Å². The van der Waals surface area contributed by atoms with Gasteiger partial charge < -0.3 is 15.5 Å². The second-order valence-electron chi connectivity index (χ2n) is 6.24. The number of carbonyl (C=O) groups excluding carboxylic acids is 2. The standard InChI is InChI=1S/C21H21N3O2/c1-24(2)21(26)17-8-5-9-18(13-17)22-14-20(25)23-19-11-10-15-6-3-4-7-16(15)12-19/h3-13,22H,14H2,1-2H3,(H,23,25). The molecule has 26 heavy (non-hydrogen) atoms. The minimum Gasteiger partial charge on any atom is -0.376 e. The molecule has 3 rings (SSSR count). The Morgan fingerprint density at radius 1 is 0.846 bits per heavy atom. The number of fused-ring (bicyclic) bond motifs is 1. The molecule has 5 nitrogen and oxygen atoms in total. The molecule has 0 saturated heterocycles. The lowest BCUT2D eigenvalue weighted by Gasteiger charge is -2.12. The third kappa shape index (κ3) is 4.19. The van der Waals surface area contributed by atoms with Crippen molar-refractivity contribution in [3.63, 3.8) is 0 Å². The van der Waals surface area contributed by atoms with E-state index in [2.05, 4.69) is 10.6 Å². The number of rotatable bonds is 5. The zero-order valence-corrected chi connectivity index (χ0v) is 14.8. The van der Waals surface area contributed by atoms with E-state index in [-0.39, 0.29) is 18.4 Å². The maximum Gasteiger partial charge on any atom is 0.253 e. The molecule has 0 unspecified atom stereocenters. The first kappa shape index (κ1) is 17.5. The summed E-state index contributed by atoms with van der Waals surface area (Å²) in [5.74, 6) is -0.223. The van der Waals surface area contributed by atoms with Gasteiger partial charge in [-0.05, 0) is 41.1 Å². The van der Waals surface area contributed by atoms with Crippen molar-refractivity contribution in [2.24, 2.45) is 0 Å². The van der Waals surface area contributed by atoms with Gasteiger partial charge in [0.05, 0.1) is 6.54 Å². The van der Waals surface area contributed by atoms with E-state index in [1.165, 1.54) is 4.90 Å². The quantitative estimate of drug-likeness (QED) is 0.741. The fraction of sp³-hybridized carbons (Fsp3) is 0.143. The van der Waals surface area contributed by atoms with E-state index in [1.54, 1.807) is 32.3 Å². The fourth-order valence-electron chi connectivity index (χ4n) is 2.67. The van der Waals surface area contributed by atoms with Crippen molar-refractivity contribution in [1.29, 1.82) is 0 Å². The highest BCUT2D eigenvalue weighted by Gasteiger charge is 2.09. The molecular weight excluding hydrogens is 326 g/mol. The van der Waals surface area contributed by atoms with Gasteiger partial charge in [-0.2, -0.15) is 0 Å². The van der Waals surface area contributed by atoms with Crippen LogP contribution in [0.1, 0.15) is 10.4 Å². The molecule has 5 heteroatoms. The Morgan fingerprint density at radius 2 is 1.62 bits per heavy atom. The molecule has 3 aromatic rings. The monoisotopic (exact) mass is 347 g/mol. The summed E-state index contributed by atoms with van der Waals surface area (Å²) in [5.41, 5.74) is 2.06. The van der Waals surface area contributed by atoms with Crippen LogP contribution in [0, 0.1) is 0 Å². The summed E-state index contributed by atoms with van der Waals surface area (Å²) < 4.78 is 0. The van der Waals surface area contributed by atoms with Crippen LogP contribution in [0.4, 0.5) is 11.4 Å². The van der Waals surface area contributed by atoms with Crippen LogP contribution < -0.4 is 10.6 Å². The summed E-state index contributed by atoms with van der Waals surface area (Å²) in [6, 6.07) is 20.9. The van der Waals surface area contributed by atoms with Gasteiger partial charge in [-0.15, -0.1) is 0 Å². The number of amides is 2. The summed E-state index contributed by atoms with van der Waals surface area (Å²) >= 11 is 0. The Hall–Kier alpha value is -3.34. The number of anilines is 2. The van der Waals surface area contributed by atoms with Gasteiger partial charge in [-0.1, -0.05) is 36.4 Å². The predicted molar refractivity (Wildman–Crippen MR) is 106 cm³/mol. The number of benzene rings is 3. The fourth-order valence-corrected chi connectivity index (χ4v) is 2.67. The van der Waals surface area contributed by atoms with Crippen LogP contribution in [0.3, 0.4) is 0 Å². The highest BCUT2D eigenvalue weighted by atomic mass is 16.2. The van der Waals surface area contributed by atoms with Crippen molar-refractivity contribution >= 4 is 34.0 Å². The molecule has 2 N–H and O–H groups in total. The van der Waals surface area contributed by atoms with Gasteiger partial charge >= 0.3 is 0 Å². The molecule has 132 valence electrons. The molecule has 0 heterocycles. The minimum atomic E-state index is -0.148. The SMILES string of the molecule is CN(C)C(=O)c1cccc(NCC(=O)Nc2ccc3ccccc3c2)c1. The first-order valence-electron chi connectivity index (χ1n) is 8.37. The molecule has 0 spiro atoms. The van der Waals surface area contributed by atoms with Crippen LogP contribution in [0.5, 0.6) is 0 Å². The van der Waals surface area contributed by atoms with Gasteiger partial charge in [0.25, 0.3) is 5.91 Å². The number of carbonyl (C=O) groups is 2. The lowest BCUT2D eigenvalue weighted by molar-refractivity contribution is -0.114. The van der Waals surface area contributed by atoms with E-state index in [1.807, 2.05) is 48.5 Å². The van der Waals surface area contributed by atoms with E-state index in [9.17, 15) is 9.59 Å². The van der Waals surface area contributed by atoms with Crippen LogP contribution in [0.2, 0.25) is 0 Å². The Bertz CT molecular complexity index is 951. The molecule has 0 fully saturated rings. The maximum absolute atomic E-state index is 12.2. The summed E-state index contributed by atoms with van der Waals surface area (Å²) in [6.45, 7) is 0.117. The van der Waals surface area contributed by atoms with E-state index in [0.717, 1.165) is 22.1 Å².